The van der Waals surface area contributed by atoms with Crippen LogP contribution in [0.4, 0.5) is 4.39 Å². The van der Waals surface area contributed by atoms with Crippen molar-refractivity contribution < 1.29 is 9.18 Å². The second-order valence-corrected chi connectivity index (χ2v) is 7.57. The third-order valence-corrected chi connectivity index (χ3v) is 4.99. The maximum absolute atomic E-state index is 13.0. The SMILES string of the molecule is CC(C)(C)N1CC2CCC(C1)N2C(=O)Cc1ccc(F)cc1. The molecule has 2 unspecified atom stereocenters. The topological polar surface area (TPSA) is 23.6 Å². The number of halogens is 1. The molecule has 3 nitrogen and oxygen atoms in total. The lowest BCUT2D eigenvalue weighted by molar-refractivity contribution is -0.137. The van der Waals surface area contributed by atoms with Gasteiger partial charge in [0.1, 0.15) is 5.82 Å². The number of hydrogen-bond donors (Lipinski definition) is 0. The molecule has 0 aliphatic carbocycles. The van der Waals surface area contributed by atoms with E-state index in [1.165, 1.54) is 12.1 Å². The fourth-order valence-electron chi connectivity index (χ4n) is 3.73. The van der Waals surface area contributed by atoms with E-state index in [1.807, 2.05) is 0 Å². The van der Waals surface area contributed by atoms with Crippen molar-refractivity contribution in [2.75, 3.05) is 13.1 Å². The number of carbonyl (C=O) groups excluding carboxylic acids is 1. The number of rotatable bonds is 2. The zero-order valence-corrected chi connectivity index (χ0v) is 13.7. The number of piperazine rings is 1. The van der Waals surface area contributed by atoms with Crippen LogP contribution in [-0.2, 0) is 11.2 Å². The zero-order valence-electron chi connectivity index (χ0n) is 13.7. The molecule has 120 valence electrons. The molecule has 0 aromatic heterocycles. The molecule has 2 atom stereocenters. The summed E-state index contributed by atoms with van der Waals surface area (Å²) < 4.78 is 13.0. The summed E-state index contributed by atoms with van der Waals surface area (Å²) in [6.07, 6.45) is 2.58. The molecule has 1 amide bonds. The molecule has 1 aromatic carbocycles. The van der Waals surface area contributed by atoms with E-state index in [1.54, 1.807) is 12.1 Å². The van der Waals surface area contributed by atoms with E-state index in [4.69, 9.17) is 0 Å². The van der Waals surface area contributed by atoms with Gasteiger partial charge in [-0.3, -0.25) is 9.69 Å². The van der Waals surface area contributed by atoms with E-state index in [0.717, 1.165) is 31.5 Å². The maximum atomic E-state index is 13.0. The second-order valence-electron chi connectivity index (χ2n) is 7.57. The van der Waals surface area contributed by atoms with Crippen molar-refractivity contribution in [3.63, 3.8) is 0 Å². The van der Waals surface area contributed by atoms with E-state index >= 15 is 0 Å². The normalized spacial score (nSPS) is 25.5. The second kappa shape index (κ2) is 5.65. The third kappa shape index (κ3) is 3.02. The van der Waals surface area contributed by atoms with Gasteiger partial charge in [-0.05, 0) is 51.3 Å². The highest BCUT2D eigenvalue weighted by Gasteiger charge is 2.44. The van der Waals surface area contributed by atoms with Crippen LogP contribution >= 0.6 is 0 Å². The number of likely N-dealkylation sites (tertiary alicyclic amines) is 1. The minimum Gasteiger partial charge on any atom is -0.334 e. The third-order valence-electron chi connectivity index (χ3n) is 4.99. The molecule has 2 bridgehead atoms. The number of fused-ring (bicyclic) bond motifs is 2. The fourth-order valence-corrected chi connectivity index (χ4v) is 3.73. The van der Waals surface area contributed by atoms with Crippen molar-refractivity contribution in [1.82, 2.24) is 9.80 Å². The molecule has 2 heterocycles. The smallest absolute Gasteiger partial charge is 0.227 e. The molecule has 3 rings (SSSR count). The largest absolute Gasteiger partial charge is 0.334 e. The van der Waals surface area contributed by atoms with Gasteiger partial charge in [-0.25, -0.2) is 4.39 Å². The Labute approximate surface area is 132 Å². The fraction of sp³-hybridized carbons (Fsp3) is 0.611. The lowest BCUT2D eigenvalue weighted by atomic mass is 10.0. The number of carbonyl (C=O) groups is 1. The van der Waals surface area contributed by atoms with Crippen molar-refractivity contribution in [1.29, 1.82) is 0 Å². The summed E-state index contributed by atoms with van der Waals surface area (Å²) in [5.74, 6) is -0.0669. The molecule has 4 heteroatoms. The van der Waals surface area contributed by atoms with Gasteiger partial charge in [0.05, 0.1) is 6.42 Å². The predicted octanol–water partition coefficient (Wildman–Crippen LogP) is 2.84. The monoisotopic (exact) mass is 304 g/mol. The Balaban J connectivity index is 1.68. The first-order chi connectivity index (χ1) is 10.3. The van der Waals surface area contributed by atoms with Crippen molar-refractivity contribution in [2.24, 2.45) is 0 Å². The summed E-state index contributed by atoms with van der Waals surface area (Å²) in [5.41, 5.74) is 1.05. The Morgan fingerprint density at radius 2 is 1.68 bits per heavy atom. The lowest BCUT2D eigenvalue weighted by Gasteiger charge is -2.46. The van der Waals surface area contributed by atoms with E-state index < -0.39 is 0 Å². The highest BCUT2D eigenvalue weighted by molar-refractivity contribution is 5.80. The minimum atomic E-state index is -0.255. The summed E-state index contributed by atoms with van der Waals surface area (Å²) in [5, 5.41) is 0. The van der Waals surface area contributed by atoms with Gasteiger partial charge in [0, 0.05) is 30.7 Å². The van der Waals surface area contributed by atoms with Crippen LogP contribution < -0.4 is 0 Å². The van der Waals surface area contributed by atoms with E-state index in [-0.39, 0.29) is 17.3 Å². The standard InChI is InChI=1S/C18H25FN2O/c1-18(2,3)20-11-15-8-9-16(12-20)21(15)17(22)10-13-4-6-14(19)7-5-13/h4-7,15-16H,8-12H2,1-3H3. The average Bonchev–Trinajstić information content (AvgIpc) is 2.70. The molecule has 2 saturated heterocycles. The molecular formula is C18H25FN2O. The zero-order chi connectivity index (χ0) is 15.9. The summed E-state index contributed by atoms with van der Waals surface area (Å²) in [4.78, 5) is 17.3. The van der Waals surface area contributed by atoms with Crippen molar-refractivity contribution in [3.8, 4) is 0 Å². The van der Waals surface area contributed by atoms with E-state index in [2.05, 4.69) is 30.6 Å². The molecule has 1 aromatic rings. The van der Waals surface area contributed by atoms with Gasteiger partial charge in [-0.15, -0.1) is 0 Å². The highest BCUT2D eigenvalue weighted by Crippen LogP contribution is 2.33. The summed E-state index contributed by atoms with van der Waals surface area (Å²) in [7, 11) is 0. The van der Waals surface area contributed by atoms with Gasteiger partial charge in [-0.1, -0.05) is 12.1 Å². The molecule has 2 fully saturated rings. The van der Waals surface area contributed by atoms with Crippen molar-refractivity contribution >= 4 is 5.91 Å². The molecule has 0 spiro atoms. The lowest BCUT2D eigenvalue weighted by Crippen LogP contribution is -2.60. The summed E-state index contributed by atoms with van der Waals surface area (Å²) >= 11 is 0. The van der Waals surface area contributed by atoms with Crippen LogP contribution in [0, 0.1) is 5.82 Å². The first-order valence-electron chi connectivity index (χ1n) is 8.15. The molecule has 22 heavy (non-hydrogen) atoms. The first-order valence-corrected chi connectivity index (χ1v) is 8.15. The average molecular weight is 304 g/mol. The molecule has 0 saturated carbocycles. The Bertz CT molecular complexity index is 535. The van der Waals surface area contributed by atoms with E-state index in [0.29, 0.717) is 18.5 Å². The molecule has 0 radical (unpaired) electrons. The van der Waals surface area contributed by atoms with Crippen LogP contribution in [0.1, 0.15) is 39.2 Å². The van der Waals surface area contributed by atoms with Crippen molar-refractivity contribution in [3.05, 3.63) is 35.6 Å². The molecular weight excluding hydrogens is 279 g/mol. The van der Waals surface area contributed by atoms with Crippen LogP contribution in [0.5, 0.6) is 0 Å². The van der Waals surface area contributed by atoms with Gasteiger partial charge < -0.3 is 4.90 Å². The van der Waals surface area contributed by atoms with Crippen molar-refractivity contribution in [2.45, 2.75) is 57.7 Å². The Morgan fingerprint density at radius 1 is 1.14 bits per heavy atom. The highest BCUT2D eigenvalue weighted by atomic mass is 19.1. The molecule has 2 aliphatic heterocycles. The van der Waals surface area contributed by atoms with Crippen LogP contribution in [0.25, 0.3) is 0 Å². The molecule has 2 aliphatic rings. The van der Waals surface area contributed by atoms with Crippen LogP contribution in [0.2, 0.25) is 0 Å². The van der Waals surface area contributed by atoms with Crippen LogP contribution in [0.3, 0.4) is 0 Å². The minimum absolute atomic E-state index is 0.160. The van der Waals surface area contributed by atoms with Gasteiger partial charge in [0.25, 0.3) is 0 Å². The van der Waals surface area contributed by atoms with Gasteiger partial charge in [0.15, 0.2) is 0 Å². The quantitative estimate of drug-likeness (QED) is 0.839. The Hall–Kier alpha value is -1.42. The predicted molar refractivity (Wildman–Crippen MR) is 85.1 cm³/mol. The number of hydrogen-bond acceptors (Lipinski definition) is 2. The van der Waals surface area contributed by atoms with E-state index in [9.17, 15) is 9.18 Å². The first kappa shape index (κ1) is 15.5. The Morgan fingerprint density at radius 3 is 2.18 bits per heavy atom. The maximum Gasteiger partial charge on any atom is 0.227 e. The number of nitrogens with zero attached hydrogens (tertiary/aromatic N) is 2. The summed E-state index contributed by atoms with van der Waals surface area (Å²) in [6, 6.07) is 6.95. The number of amides is 1. The van der Waals surface area contributed by atoms with Crippen LogP contribution in [0.15, 0.2) is 24.3 Å². The molecule has 0 N–H and O–H groups in total. The van der Waals surface area contributed by atoms with Crippen LogP contribution in [-0.4, -0.2) is 46.4 Å². The van der Waals surface area contributed by atoms with Gasteiger partial charge >= 0.3 is 0 Å². The van der Waals surface area contributed by atoms with Gasteiger partial charge in [0.2, 0.25) is 5.91 Å². The summed E-state index contributed by atoms with van der Waals surface area (Å²) in [6.45, 7) is 8.65. The van der Waals surface area contributed by atoms with Gasteiger partial charge in [-0.2, -0.15) is 0 Å². The number of benzene rings is 1. The Kier molecular flexibility index (Phi) is 3.98.